The van der Waals surface area contributed by atoms with Crippen molar-refractivity contribution < 1.29 is 19.0 Å². The number of aromatic nitrogens is 1. The minimum Gasteiger partial charge on any atom is -0.497 e. The molecule has 188 valence electrons. The first-order valence-electron chi connectivity index (χ1n) is 11.4. The number of thiazole rings is 1. The first kappa shape index (κ1) is 25.8. The van der Waals surface area contributed by atoms with E-state index >= 15 is 0 Å². The first-order valence-corrected chi connectivity index (χ1v) is 13.4. The average molecular weight is 525 g/mol. The SMILES string of the molecule is COc1ccc(/C=c2\sc3n(c2=O)[C@H](c2ccc(SC)cc2)C(C(=O)OC(C)C)=C(C)N=3)c(OC)c1. The van der Waals surface area contributed by atoms with E-state index < -0.39 is 12.0 Å². The van der Waals surface area contributed by atoms with Crippen LogP contribution in [0, 0.1) is 0 Å². The second kappa shape index (κ2) is 10.8. The molecule has 0 unspecified atom stereocenters. The number of thioether (sulfide) groups is 1. The van der Waals surface area contributed by atoms with E-state index in [9.17, 15) is 9.59 Å². The molecule has 0 radical (unpaired) electrons. The lowest BCUT2D eigenvalue weighted by atomic mass is 9.96. The minimum atomic E-state index is -0.650. The van der Waals surface area contributed by atoms with E-state index in [2.05, 4.69) is 4.99 Å². The first-order chi connectivity index (χ1) is 17.3. The number of methoxy groups -OCH3 is 2. The van der Waals surface area contributed by atoms with Crippen molar-refractivity contribution in [3.8, 4) is 11.5 Å². The van der Waals surface area contributed by atoms with Gasteiger partial charge in [0, 0.05) is 16.5 Å². The van der Waals surface area contributed by atoms with Gasteiger partial charge in [0.2, 0.25) is 0 Å². The van der Waals surface area contributed by atoms with Crippen molar-refractivity contribution in [1.29, 1.82) is 0 Å². The Hall–Kier alpha value is -3.30. The molecule has 36 heavy (non-hydrogen) atoms. The monoisotopic (exact) mass is 524 g/mol. The van der Waals surface area contributed by atoms with E-state index in [4.69, 9.17) is 14.2 Å². The molecule has 2 aromatic carbocycles. The number of ether oxygens (including phenoxy) is 3. The van der Waals surface area contributed by atoms with Gasteiger partial charge in [0.25, 0.3) is 5.56 Å². The van der Waals surface area contributed by atoms with Crippen LogP contribution >= 0.6 is 23.1 Å². The fourth-order valence-electron chi connectivity index (χ4n) is 4.04. The predicted octanol–water partition coefficient (Wildman–Crippen LogP) is 3.93. The Morgan fingerprint density at radius 2 is 1.86 bits per heavy atom. The molecule has 3 aromatic rings. The molecule has 9 heteroatoms. The summed E-state index contributed by atoms with van der Waals surface area (Å²) in [7, 11) is 3.16. The van der Waals surface area contributed by atoms with Gasteiger partial charge < -0.3 is 14.2 Å². The number of rotatable bonds is 7. The highest BCUT2D eigenvalue weighted by atomic mass is 32.2. The molecule has 0 amide bonds. The number of hydrogen-bond acceptors (Lipinski definition) is 8. The third-order valence-corrected chi connectivity index (χ3v) is 7.47. The van der Waals surface area contributed by atoms with E-state index in [1.165, 1.54) is 11.3 Å². The molecular weight excluding hydrogens is 496 g/mol. The predicted molar refractivity (Wildman–Crippen MR) is 143 cm³/mol. The molecule has 4 rings (SSSR count). The summed E-state index contributed by atoms with van der Waals surface area (Å²) < 4.78 is 18.4. The van der Waals surface area contributed by atoms with Crippen LogP contribution in [0.4, 0.5) is 0 Å². The maximum absolute atomic E-state index is 13.8. The van der Waals surface area contributed by atoms with Gasteiger partial charge in [-0.05, 0) is 62.9 Å². The molecule has 0 spiro atoms. The van der Waals surface area contributed by atoms with Crippen molar-refractivity contribution in [1.82, 2.24) is 4.57 Å². The number of esters is 1. The molecule has 0 fully saturated rings. The Morgan fingerprint density at radius 3 is 2.47 bits per heavy atom. The molecule has 1 aliphatic heterocycles. The lowest BCUT2D eigenvalue weighted by molar-refractivity contribution is -0.143. The maximum Gasteiger partial charge on any atom is 0.338 e. The van der Waals surface area contributed by atoms with Gasteiger partial charge >= 0.3 is 5.97 Å². The molecule has 0 aliphatic carbocycles. The van der Waals surface area contributed by atoms with Crippen molar-refractivity contribution in [2.24, 2.45) is 4.99 Å². The van der Waals surface area contributed by atoms with Gasteiger partial charge in [-0.2, -0.15) is 0 Å². The van der Waals surface area contributed by atoms with E-state index in [0.29, 0.717) is 32.1 Å². The number of allylic oxidation sites excluding steroid dienone is 1. The minimum absolute atomic E-state index is 0.238. The van der Waals surface area contributed by atoms with Crippen LogP contribution in [0.15, 0.2) is 68.4 Å². The maximum atomic E-state index is 13.8. The van der Waals surface area contributed by atoms with Gasteiger partial charge in [-0.25, -0.2) is 9.79 Å². The van der Waals surface area contributed by atoms with E-state index in [1.54, 1.807) is 63.5 Å². The topological polar surface area (TPSA) is 79.1 Å². The Morgan fingerprint density at radius 1 is 1.14 bits per heavy atom. The quantitative estimate of drug-likeness (QED) is 0.344. The summed E-state index contributed by atoms with van der Waals surface area (Å²) in [6.07, 6.45) is 3.48. The van der Waals surface area contributed by atoms with Gasteiger partial charge in [-0.1, -0.05) is 23.5 Å². The van der Waals surface area contributed by atoms with Crippen LogP contribution in [0.2, 0.25) is 0 Å². The molecule has 7 nitrogen and oxygen atoms in total. The molecule has 0 saturated heterocycles. The number of hydrogen-bond donors (Lipinski definition) is 0. The Balaban J connectivity index is 1.93. The average Bonchev–Trinajstić information content (AvgIpc) is 3.17. The number of fused-ring (bicyclic) bond motifs is 1. The van der Waals surface area contributed by atoms with E-state index in [-0.39, 0.29) is 11.7 Å². The molecule has 0 saturated carbocycles. The summed E-state index contributed by atoms with van der Waals surface area (Å²) in [6, 6.07) is 12.6. The van der Waals surface area contributed by atoms with Crippen molar-refractivity contribution in [3.05, 3.63) is 84.5 Å². The van der Waals surface area contributed by atoms with Gasteiger partial charge in [0.05, 0.1) is 42.2 Å². The molecule has 0 bridgehead atoms. The highest BCUT2D eigenvalue weighted by Crippen LogP contribution is 2.32. The van der Waals surface area contributed by atoms with Crippen LogP contribution in [-0.4, -0.2) is 37.1 Å². The summed E-state index contributed by atoms with van der Waals surface area (Å²) in [5.41, 5.74) is 2.21. The fourth-order valence-corrected chi connectivity index (χ4v) is 5.49. The second-order valence-corrected chi connectivity index (χ2v) is 10.3. The zero-order valence-electron chi connectivity index (χ0n) is 21.0. The summed E-state index contributed by atoms with van der Waals surface area (Å²) in [4.78, 5) is 33.2. The third kappa shape index (κ3) is 4.99. The van der Waals surface area contributed by atoms with Crippen molar-refractivity contribution >= 4 is 35.1 Å². The zero-order valence-corrected chi connectivity index (χ0v) is 22.7. The van der Waals surface area contributed by atoms with Crippen LogP contribution in [0.3, 0.4) is 0 Å². The molecule has 1 atom stereocenters. The summed E-state index contributed by atoms with van der Waals surface area (Å²) >= 11 is 2.90. The van der Waals surface area contributed by atoms with Crippen LogP contribution in [0.25, 0.3) is 6.08 Å². The van der Waals surface area contributed by atoms with Gasteiger partial charge in [0.1, 0.15) is 11.5 Å². The van der Waals surface area contributed by atoms with Crippen molar-refractivity contribution in [2.75, 3.05) is 20.5 Å². The normalized spacial score (nSPS) is 15.5. The van der Waals surface area contributed by atoms with Crippen LogP contribution in [0.5, 0.6) is 11.5 Å². The lowest BCUT2D eigenvalue weighted by Gasteiger charge is -2.25. The Labute approximate surface area is 217 Å². The highest BCUT2D eigenvalue weighted by molar-refractivity contribution is 7.98. The van der Waals surface area contributed by atoms with Gasteiger partial charge in [-0.3, -0.25) is 9.36 Å². The summed E-state index contributed by atoms with van der Waals surface area (Å²) in [6.45, 7) is 5.38. The number of nitrogens with zero attached hydrogens (tertiary/aromatic N) is 2. The number of carbonyl (C=O) groups excluding carboxylic acids is 1. The highest BCUT2D eigenvalue weighted by Gasteiger charge is 2.33. The van der Waals surface area contributed by atoms with Crippen LogP contribution in [-0.2, 0) is 9.53 Å². The second-order valence-electron chi connectivity index (χ2n) is 8.42. The standard InChI is InChI=1S/C27H28N2O5S2/c1-15(2)34-26(31)23-16(3)28-27-29(24(23)17-8-11-20(35-6)12-9-17)25(30)22(36-27)13-18-7-10-19(32-4)14-21(18)33-5/h7-15,24H,1-6H3/b22-13-/t24-/m1/s1. The Kier molecular flexibility index (Phi) is 7.70. The van der Waals surface area contributed by atoms with E-state index in [1.807, 2.05) is 42.7 Å². The van der Waals surface area contributed by atoms with Crippen molar-refractivity contribution in [3.63, 3.8) is 0 Å². The van der Waals surface area contributed by atoms with E-state index in [0.717, 1.165) is 16.0 Å². The summed E-state index contributed by atoms with van der Waals surface area (Å²) in [5.74, 6) is 0.765. The largest absolute Gasteiger partial charge is 0.497 e. The van der Waals surface area contributed by atoms with Gasteiger partial charge in [-0.15, -0.1) is 11.8 Å². The molecule has 1 aliphatic rings. The van der Waals surface area contributed by atoms with Gasteiger partial charge in [0.15, 0.2) is 4.80 Å². The molecule has 2 heterocycles. The molecule has 0 N–H and O–H groups in total. The van der Waals surface area contributed by atoms with Crippen LogP contribution < -0.4 is 24.4 Å². The zero-order chi connectivity index (χ0) is 26.0. The fraction of sp³-hybridized carbons (Fsp3) is 0.296. The van der Waals surface area contributed by atoms with Crippen LogP contribution in [0.1, 0.15) is 37.9 Å². The smallest absolute Gasteiger partial charge is 0.338 e. The lowest BCUT2D eigenvalue weighted by Crippen LogP contribution is -2.40. The molecule has 1 aromatic heterocycles. The molecular formula is C27H28N2O5S2. The summed E-state index contributed by atoms with van der Waals surface area (Å²) in [5, 5.41) is 0. The Bertz CT molecular complexity index is 1500. The third-order valence-electron chi connectivity index (χ3n) is 5.74. The number of benzene rings is 2. The van der Waals surface area contributed by atoms with Crippen molar-refractivity contribution in [2.45, 2.75) is 37.8 Å². The number of carbonyl (C=O) groups is 1.